The predicted octanol–water partition coefficient (Wildman–Crippen LogP) is 2.93. The van der Waals surface area contributed by atoms with Gasteiger partial charge in [-0.1, -0.05) is 12.1 Å². The molecule has 18 heavy (non-hydrogen) atoms. The van der Waals surface area contributed by atoms with E-state index in [4.69, 9.17) is 5.73 Å². The van der Waals surface area contributed by atoms with Crippen LogP contribution in [0.1, 0.15) is 18.0 Å². The summed E-state index contributed by atoms with van der Waals surface area (Å²) in [4.78, 5) is 0. The highest BCUT2D eigenvalue weighted by molar-refractivity contribution is 5.22. The van der Waals surface area contributed by atoms with Gasteiger partial charge in [0.05, 0.1) is 0 Å². The van der Waals surface area contributed by atoms with Crippen molar-refractivity contribution in [3.8, 4) is 0 Å². The van der Waals surface area contributed by atoms with Crippen LogP contribution in [-0.2, 0) is 4.74 Å². The Morgan fingerprint density at radius 3 is 2.50 bits per heavy atom. The van der Waals surface area contributed by atoms with Crippen molar-refractivity contribution in [1.82, 2.24) is 0 Å². The van der Waals surface area contributed by atoms with Gasteiger partial charge in [0.25, 0.3) is 0 Å². The number of halogens is 5. The molecule has 0 radical (unpaired) electrons. The first-order valence-electron chi connectivity index (χ1n) is 5.15. The topological polar surface area (TPSA) is 35.2 Å². The maximum Gasteiger partial charge on any atom is 0.411 e. The second-order valence-corrected chi connectivity index (χ2v) is 3.71. The third kappa shape index (κ3) is 4.58. The lowest BCUT2D eigenvalue weighted by Crippen LogP contribution is -2.20. The van der Waals surface area contributed by atoms with Gasteiger partial charge in [-0.3, -0.25) is 0 Å². The van der Waals surface area contributed by atoms with Gasteiger partial charge in [0.15, 0.2) is 11.6 Å². The summed E-state index contributed by atoms with van der Waals surface area (Å²) < 4.78 is 65.8. The first-order valence-corrected chi connectivity index (χ1v) is 5.15. The van der Waals surface area contributed by atoms with Crippen LogP contribution < -0.4 is 5.73 Å². The van der Waals surface area contributed by atoms with Crippen LogP contribution in [0.4, 0.5) is 22.0 Å². The first-order chi connectivity index (χ1) is 8.31. The van der Waals surface area contributed by atoms with Crippen molar-refractivity contribution in [3.05, 3.63) is 35.4 Å². The Labute approximate surface area is 101 Å². The fraction of sp³-hybridized carbons (Fsp3) is 0.455. The number of ether oxygens (including phenoxy) is 1. The molecule has 1 rings (SSSR count). The van der Waals surface area contributed by atoms with Gasteiger partial charge in [0, 0.05) is 18.2 Å². The molecule has 0 heterocycles. The van der Waals surface area contributed by atoms with Gasteiger partial charge in [-0.25, -0.2) is 8.78 Å². The highest BCUT2D eigenvalue weighted by Gasteiger charge is 2.27. The van der Waals surface area contributed by atoms with E-state index in [1.807, 2.05) is 0 Å². The largest absolute Gasteiger partial charge is 0.411 e. The molecule has 1 aromatic carbocycles. The molecule has 0 fully saturated rings. The van der Waals surface area contributed by atoms with Crippen molar-refractivity contribution in [1.29, 1.82) is 0 Å². The third-order valence-electron chi connectivity index (χ3n) is 2.22. The molecular weight excluding hydrogens is 257 g/mol. The van der Waals surface area contributed by atoms with E-state index < -0.39 is 30.5 Å². The summed E-state index contributed by atoms with van der Waals surface area (Å²) in [6, 6.07) is 2.59. The standard InChI is InChI=1S/C11H12F5NO/c12-8-3-1-2-7(10(8)13)9(17)4-5-18-6-11(14,15)16/h1-3,9H,4-6,17H2. The normalized spacial score (nSPS) is 13.7. The zero-order chi connectivity index (χ0) is 13.8. The molecule has 0 aromatic heterocycles. The van der Waals surface area contributed by atoms with Crippen LogP contribution in [-0.4, -0.2) is 19.4 Å². The lowest BCUT2D eigenvalue weighted by atomic mass is 10.0. The molecule has 2 N–H and O–H groups in total. The van der Waals surface area contributed by atoms with Crippen molar-refractivity contribution in [2.75, 3.05) is 13.2 Å². The summed E-state index contributed by atoms with van der Waals surface area (Å²) in [6.07, 6.45) is -4.44. The molecular formula is C11H12F5NO. The molecule has 102 valence electrons. The number of nitrogens with two attached hydrogens (primary N) is 1. The van der Waals surface area contributed by atoms with Crippen molar-refractivity contribution in [2.24, 2.45) is 5.73 Å². The van der Waals surface area contributed by atoms with E-state index in [9.17, 15) is 22.0 Å². The molecule has 1 unspecified atom stereocenters. The predicted molar refractivity (Wildman–Crippen MR) is 54.8 cm³/mol. The van der Waals surface area contributed by atoms with Gasteiger partial charge in [-0.05, 0) is 12.5 Å². The van der Waals surface area contributed by atoms with Crippen LogP contribution in [0.3, 0.4) is 0 Å². The molecule has 1 atom stereocenters. The number of alkyl halides is 3. The molecule has 0 saturated carbocycles. The van der Waals surface area contributed by atoms with Gasteiger partial charge >= 0.3 is 6.18 Å². The van der Waals surface area contributed by atoms with E-state index in [0.29, 0.717) is 0 Å². The average molecular weight is 269 g/mol. The summed E-state index contributed by atoms with van der Waals surface area (Å²) >= 11 is 0. The number of rotatable bonds is 5. The van der Waals surface area contributed by atoms with Crippen LogP contribution in [0.15, 0.2) is 18.2 Å². The van der Waals surface area contributed by atoms with Gasteiger partial charge in [0.2, 0.25) is 0 Å². The van der Waals surface area contributed by atoms with Crippen molar-refractivity contribution < 1.29 is 26.7 Å². The number of hydrogen-bond acceptors (Lipinski definition) is 2. The molecule has 0 saturated heterocycles. The van der Waals surface area contributed by atoms with E-state index in [1.54, 1.807) is 0 Å². The molecule has 0 aliphatic rings. The van der Waals surface area contributed by atoms with E-state index in [1.165, 1.54) is 12.1 Å². The zero-order valence-electron chi connectivity index (χ0n) is 9.31. The minimum atomic E-state index is -4.41. The Morgan fingerprint density at radius 2 is 1.89 bits per heavy atom. The van der Waals surface area contributed by atoms with Crippen LogP contribution in [0, 0.1) is 11.6 Å². The second-order valence-electron chi connectivity index (χ2n) is 3.71. The quantitative estimate of drug-likeness (QED) is 0.659. The van der Waals surface area contributed by atoms with Crippen molar-refractivity contribution in [3.63, 3.8) is 0 Å². The molecule has 0 spiro atoms. The molecule has 7 heteroatoms. The molecule has 1 aromatic rings. The smallest absolute Gasteiger partial charge is 0.372 e. The fourth-order valence-electron chi connectivity index (χ4n) is 1.36. The van der Waals surface area contributed by atoms with E-state index in [2.05, 4.69) is 4.74 Å². The zero-order valence-corrected chi connectivity index (χ0v) is 9.31. The molecule has 0 aliphatic carbocycles. The Balaban J connectivity index is 2.46. The summed E-state index contributed by atoms with van der Waals surface area (Å²) in [7, 11) is 0. The van der Waals surface area contributed by atoms with E-state index in [-0.39, 0.29) is 18.6 Å². The van der Waals surface area contributed by atoms with Gasteiger partial charge in [0.1, 0.15) is 6.61 Å². The summed E-state index contributed by atoms with van der Waals surface area (Å²) in [5, 5.41) is 0. The maximum atomic E-state index is 13.3. The monoisotopic (exact) mass is 269 g/mol. The second kappa shape index (κ2) is 6.10. The fourth-order valence-corrected chi connectivity index (χ4v) is 1.36. The molecule has 2 nitrogen and oxygen atoms in total. The minimum absolute atomic E-state index is 0.0313. The molecule has 0 aliphatic heterocycles. The van der Waals surface area contributed by atoms with E-state index in [0.717, 1.165) is 6.07 Å². The highest BCUT2D eigenvalue weighted by atomic mass is 19.4. The van der Waals surface area contributed by atoms with Crippen LogP contribution in [0.5, 0.6) is 0 Å². The third-order valence-corrected chi connectivity index (χ3v) is 2.22. The average Bonchev–Trinajstić information content (AvgIpc) is 2.26. The van der Waals surface area contributed by atoms with Gasteiger partial charge < -0.3 is 10.5 Å². The highest BCUT2D eigenvalue weighted by Crippen LogP contribution is 2.20. The SMILES string of the molecule is NC(CCOCC(F)(F)F)c1cccc(F)c1F. The van der Waals surface area contributed by atoms with E-state index >= 15 is 0 Å². The number of hydrogen-bond donors (Lipinski definition) is 1. The first kappa shape index (κ1) is 14.8. The summed E-state index contributed by atoms with van der Waals surface area (Å²) in [5.74, 6) is -2.13. The van der Waals surface area contributed by atoms with Gasteiger partial charge in [-0.2, -0.15) is 13.2 Å². The lowest BCUT2D eigenvalue weighted by molar-refractivity contribution is -0.174. The van der Waals surface area contributed by atoms with Crippen molar-refractivity contribution in [2.45, 2.75) is 18.6 Å². The van der Waals surface area contributed by atoms with Crippen LogP contribution in [0.2, 0.25) is 0 Å². The Hall–Kier alpha value is -1.21. The summed E-state index contributed by atoms with van der Waals surface area (Å²) in [5.41, 5.74) is 5.47. The maximum absolute atomic E-state index is 13.3. The number of benzene rings is 1. The minimum Gasteiger partial charge on any atom is -0.372 e. The Morgan fingerprint density at radius 1 is 1.22 bits per heavy atom. The van der Waals surface area contributed by atoms with Gasteiger partial charge in [-0.15, -0.1) is 0 Å². The summed E-state index contributed by atoms with van der Waals surface area (Å²) in [6.45, 7) is -1.66. The Bertz CT molecular complexity index is 394. The van der Waals surface area contributed by atoms with Crippen LogP contribution >= 0.6 is 0 Å². The Kier molecular flexibility index (Phi) is 5.03. The van der Waals surface area contributed by atoms with Crippen molar-refractivity contribution >= 4 is 0 Å². The molecule has 0 bridgehead atoms. The molecule has 0 amide bonds. The lowest BCUT2D eigenvalue weighted by Gasteiger charge is -2.14. The van der Waals surface area contributed by atoms with Crippen LogP contribution in [0.25, 0.3) is 0 Å².